The molecule has 0 spiro atoms. The van der Waals surface area contributed by atoms with Gasteiger partial charge in [-0.2, -0.15) is 0 Å². The van der Waals surface area contributed by atoms with Crippen LogP contribution in [-0.4, -0.2) is 23.5 Å². The fourth-order valence-corrected chi connectivity index (χ4v) is 2.05. The topological polar surface area (TPSA) is 64.6 Å². The predicted octanol–water partition coefficient (Wildman–Crippen LogP) is 1.44. The van der Waals surface area contributed by atoms with Gasteiger partial charge in [-0.15, -0.1) is 11.8 Å². The Morgan fingerprint density at radius 1 is 1.33 bits per heavy atom. The number of cyclic esters (lactones) is 2. The average Bonchev–Trinajstić information content (AvgIpc) is 2.27. The van der Waals surface area contributed by atoms with E-state index in [0.29, 0.717) is 0 Å². The lowest BCUT2D eigenvalue weighted by molar-refractivity contribution is -0.222. The first-order chi connectivity index (χ1) is 8.48. The predicted molar refractivity (Wildman–Crippen MR) is 67.2 cm³/mol. The Bertz CT molecular complexity index is 454. The number of nitrogens with one attached hydrogen (secondary N) is 1. The molecular weight excluding hydrogens is 254 g/mol. The maximum Gasteiger partial charge on any atom is 0.350 e. The molecule has 2 rings (SSSR count). The van der Waals surface area contributed by atoms with E-state index in [0.717, 1.165) is 11.4 Å². The van der Waals surface area contributed by atoms with E-state index in [4.69, 9.17) is 9.47 Å². The first-order valence-corrected chi connectivity index (χ1v) is 6.44. The van der Waals surface area contributed by atoms with Gasteiger partial charge < -0.3 is 14.8 Å². The monoisotopic (exact) mass is 267 g/mol. The minimum absolute atomic E-state index is 0.140. The van der Waals surface area contributed by atoms with Crippen molar-refractivity contribution in [3.8, 4) is 0 Å². The first kappa shape index (κ1) is 12.8. The van der Waals surface area contributed by atoms with Crippen molar-refractivity contribution in [2.75, 3.05) is 5.75 Å². The largest absolute Gasteiger partial charge is 0.419 e. The van der Waals surface area contributed by atoms with Crippen molar-refractivity contribution in [2.45, 2.75) is 19.6 Å². The lowest BCUT2D eigenvalue weighted by Crippen LogP contribution is -2.42. The zero-order valence-electron chi connectivity index (χ0n) is 10.1. The molecule has 0 atom stereocenters. The van der Waals surface area contributed by atoms with Crippen molar-refractivity contribution in [3.05, 3.63) is 35.0 Å². The van der Waals surface area contributed by atoms with Gasteiger partial charge in [-0.05, 0) is 11.5 Å². The maximum absolute atomic E-state index is 11.6. The second-order valence-corrected chi connectivity index (χ2v) is 5.09. The van der Waals surface area contributed by atoms with E-state index in [-0.39, 0.29) is 5.57 Å². The molecule has 0 bridgehead atoms. The quantitative estimate of drug-likeness (QED) is 0.464. The van der Waals surface area contributed by atoms with Crippen LogP contribution in [0.3, 0.4) is 0 Å². The summed E-state index contributed by atoms with van der Waals surface area (Å²) in [5.74, 6) is -1.65. The summed E-state index contributed by atoms with van der Waals surface area (Å²) in [7, 11) is 0. The number of thioether (sulfide) groups is 1. The van der Waals surface area contributed by atoms with Crippen molar-refractivity contribution in [3.63, 3.8) is 0 Å². The third-order valence-electron chi connectivity index (χ3n) is 2.20. The molecule has 1 saturated heterocycles. The van der Waals surface area contributed by atoms with Crippen LogP contribution in [0.5, 0.6) is 0 Å². The molecular formula is C12H13NO4S. The standard InChI is InChI=1S/C12H13NO4S/c1-12(2)16-10(14)9(11(15)17-12)6-13-8-4-3-5-18-7-8/h3-4,6-7,13H,5H2,1-2H3. The van der Waals surface area contributed by atoms with E-state index < -0.39 is 17.7 Å². The molecule has 0 amide bonds. The van der Waals surface area contributed by atoms with Gasteiger partial charge in [0.2, 0.25) is 0 Å². The molecule has 0 aromatic carbocycles. The number of carbonyl (C=O) groups excluding carboxylic acids is 2. The number of carbonyl (C=O) groups is 2. The van der Waals surface area contributed by atoms with Crippen molar-refractivity contribution in [1.29, 1.82) is 0 Å². The molecule has 0 aromatic rings. The fraction of sp³-hybridized carbons (Fsp3) is 0.333. The summed E-state index contributed by atoms with van der Waals surface area (Å²) in [5.41, 5.74) is 0.670. The minimum atomic E-state index is -1.20. The van der Waals surface area contributed by atoms with E-state index in [9.17, 15) is 9.59 Å². The summed E-state index contributed by atoms with van der Waals surface area (Å²) in [5, 5.41) is 4.77. The molecule has 0 aliphatic carbocycles. The Kier molecular flexibility index (Phi) is 3.47. The van der Waals surface area contributed by atoms with Crippen LogP contribution in [0.2, 0.25) is 0 Å². The molecule has 0 unspecified atom stereocenters. The highest BCUT2D eigenvalue weighted by Gasteiger charge is 2.38. The first-order valence-electron chi connectivity index (χ1n) is 5.40. The van der Waals surface area contributed by atoms with E-state index in [1.807, 2.05) is 17.6 Å². The van der Waals surface area contributed by atoms with Gasteiger partial charge in [0, 0.05) is 31.5 Å². The van der Waals surface area contributed by atoms with Crippen molar-refractivity contribution < 1.29 is 19.1 Å². The Morgan fingerprint density at radius 2 is 2.00 bits per heavy atom. The SMILES string of the molecule is CC1(C)OC(=O)C(=CNC2=CSCC=C2)C(=O)O1. The molecule has 5 nitrogen and oxygen atoms in total. The van der Waals surface area contributed by atoms with Gasteiger partial charge >= 0.3 is 11.9 Å². The molecule has 2 heterocycles. The lowest BCUT2D eigenvalue weighted by Gasteiger charge is -2.29. The van der Waals surface area contributed by atoms with Crippen LogP contribution >= 0.6 is 11.8 Å². The smallest absolute Gasteiger partial charge is 0.350 e. The summed E-state index contributed by atoms with van der Waals surface area (Å²) < 4.78 is 9.93. The zero-order chi connectivity index (χ0) is 13.2. The van der Waals surface area contributed by atoms with Gasteiger partial charge in [-0.3, -0.25) is 0 Å². The number of rotatable bonds is 2. The molecule has 0 saturated carbocycles. The highest BCUT2D eigenvalue weighted by Crippen LogP contribution is 2.22. The van der Waals surface area contributed by atoms with Gasteiger partial charge in [-0.25, -0.2) is 9.59 Å². The summed E-state index contributed by atoms with van der Waals surface area (Å²) in [6.45, 7) is 3.02. The summed E-state index contributed by atoms with van der Waals surface area (Å²) in [6, 6.07) is 0. The van der Waals surface area contributed by atoms with Gasteiger partial charge in [0.1, 0.15) is 0 Å². The summed E-state index contributed by atoms with van der Waals surface area (Å²) >= 11 is 1.62. The molecule has 2 aliphatic heterocycles. The Morgan fingerprint density at radius 3 is 2.56 bits per heavy atom. The lowest BCUT2D eigenvalue weighted by atomic mass is 10.2. The second-order valence-electron chi connectivity index (χ2n) is 4.19. The third kappa shape index (κ3) is 2.95. The second kappa shape index (κ2) is 4.89. The number of ether oxygens (including phenoxy) is 2. The van der Waals surface area contributed by atoms with Crippen LogP contribution in [0.25, 0.3) is 0 Å². The van der Waals surface area contributed by atoms with Crippen LogP contribution in [0.1, 0.15) is 13.8 Å². The normalized spacial score (nSPS) is 21.9. The number of esters is 2. The van der Waals surface area contributed by atoms with Crippen LogP contribution in [0.4, 0.5) is 0 Å². The Labute approximate surface area is 109 Å². The van der Waals surface area contributed by atoms with Gasteiger partial charge in [0.05, 0.1) is 0 Å². The number of allylic oxidation sites excluding steroid dienone is 1. The number of hydrogen-bond acceptors (Lipinski definition) is 6. The van der Waals surface area contributed by atoms with E-state index >= 15 is 0 Å². The number of hydrogen-bond donors (Lipinski definition) is 1. The summed E-state index contributed by atoms with van der Waals surface area (Å²) in [6.07, 6.45) is 5.16. The molecule has 6 heteroatoms. The molecule has 0 aromatic heterocycles. The molecule has 0 radical (unpaired) electrons. The van der Waals surface area contributed by atoms with Crippen LogP contribution in [0.15, 0.2) is 35.0 Å². The van der Waals surface area contributed by atoms with Gasteiger partial charge in [0.15, 0.2) is 5.57 Å². The molecule has 2 aliphatic rings. The zero-order valence-corrected chi connectivity index (χ0v) is 10.9. The Balaban J connectivity index is 2.08. The maximum atomic E-state index is 11.6. The summed E-state index contributed by atoms with van der Waals surface area (Å²) in [4.78, 5) is 23.2. The average molecular weight is 267 g/mol. The molecule has 1 N–H and O–H groups in total. The van der Waals surface area contributed by atoms with Crippen molar-refractivity contribution in [1.82, 2.24) is 5.32 Å². The molecule has 1 fully saturated rings. The highest BCUT2D eigenvalue weighted by atomic mass is 32.2. The molecule has 18 heavy (non-hydrogen) atoms. The van der Waals surface area contributed by atoms with Crippen LogP contribution in [0, 0.1) is 0 Å². The highest BCUT2D eigenvalue weighted by molar-refractivity contribution is 8.02. The van der Waals surface area contributed by atoms with Crippen LogP contribution < -0.4 is 5.32 Å². The van der Waals surface area contributed by atoms with E-state index in [2.05, 4.69) is 5.32 Å². The van der Waals surface area contributed by atoms with Crippen LogP contribution in [-0.2, 0) is 19.1 Å². The van der Waals surface area contributed by atoms with Gasteiger partial charge in [0.25, 0.3) is 5.79 Å². The van der Waals surface area contributed by atoms with Gasteiger partial charge in [-0.1, -0.05) is 6.08 Å². The van der Waals surface area contributed by atoms with E-state index in [1.54, 1.807) is 11.8 Å². The molecule has 96 valence electrons. The van der Waals surface area contributed by atoms with Crippen molar-refractivity contribution >= 4 is 23.7 Å². The fourth-order valence-electron chi connectivity index (χ4n) is 1.42. The third-order valence-corrected chi connectivity index (χ3v) is 3.01. The Hall–Kier alpha value is -1.69. The minimum Gasteiger partial charge on any atom is -0.419 e. The van der Waals surface area contributed by atoms with E-state index in [1.165, 1.54) is 20.0 Å². The van der Waals surface area contributed by atoms with Crippen molar-refractivity contribution in [2.24, 2.45) is 0 Å².